The molecule has 0 radical (unpaired) electrons. The minimum absolute atomic E-state index is 0.168. The van der Waals surface area contributed by atoms with Crippen LogP contribution in [-0.2, 0) is 13.1 Å². The summed E-state index contributed by atoms with van der Waals surface area (Å²) in [6, 6.07) is 6.21. The number of rotatable bonds is 7. The second-order valence-corrected chi connectivity index (χ2v) is 7.24. The van der Waals surface area contributed by atoms with Crippen LogP contribution in [0.5, 0.6) is 0 Å². The van der Waals surface area contributed by atoms with Gasteiger partial charge in [-0.1, -0.05) is 18.2 Å². The molecule has 1 N–H and O–H groups in total. The van der Waals surface area contributed by atoms with Gasteiger partial charge in [0.05, 0.1) is 17.3 Å². The fraction of sp³-hybridized carbons (Fsp3) is 0.273. The van der Waals surface area contributed by atoms with Crippen molar-refractivity contribution < 1.29 is 9.21 Å². The van der Waals surface area contributed by atoms with Gasteiger partial charge >= 0.3 is 0 Å². The average molecular weight is 405 g/mol. The van der Waals surface area contributed by atoms with Gasteiger partial charge < -0.3 is 9.73 Å². The van der Waals surface area contributed by atoms with E-state index in [9.17, 15) is 9.59 Å². The first-order chi connectivity index (χ1) is 14.5. The van der Waals surface area contributed by atoms with Gasteiger partial charge in [-0.3, -0.25) is 18.8 Å². The highest BCUT2D eigenvalue weighted by Crippen LogP contribution is 2.21. The number of furan rings is 1. The normalized spacial score (nSPS) is 11.3. The molecule has 30 heavy (non-hydrogen) atoms. The molecule has 0 spiro atoms. The minimum Gasteiger partial charge on any atom is -0.442 e. The molecule has 154 valence electrons. The summed E-state index contributed by atoms with van der Waals surface area (Å²) in [5.74, 6) is 0.0275. The van der Waals surface area contributed by atoms with Crippen LogP contribution >= 0.6 is 0 Å². The van der Waals surface area contributed by atoms with E-state index < -0.39 is 0 Å². The van der Waals surface area contributed by atoms with Crippen LogP contribution in [-0.4, -0.2) is 31.8 Å². The second kappa shape index (κ2) is 7.98. The fourth-order valence-electron chi connectivity index (χ4n) is 3.56. The Morgan fingerprint density at radius 1 is 1.33 bits per heavy atom. The molecule has 0 fully saturated rings. The highest BCUT2D eigenvalue weighted by Gasteiger charge is 2.22. The molecule has 0 atom stereocenters. The number of carbonyl (C=O) groups is 1. The summed E-state index contributed by atoms with van der Waals surface area (Å²) in [5.41, 5.74) is 2.34. The van der Waals surface area contributed by atoms with E-state index in [0.717, 1.165) is 10.9 Å². The zero-order valence-electron chi connectivity index (χ0n) is 17.0. The summed E-state index contributed by atoms with van der Waals surface area (Å²) in [5, 5.41) is 8.60. The van der Waals surface area contributed by atoms with Gasteiger partial charge in [-0.15, -0.1) is 6.58 Å². The molecule has 0 aliphatic heterocycles. The molecule has 0 unspecified atom stereocenters. The van der Waals surface area contributed by atoms with Gasteiger partial charge in [0.25, 0.3) is 11.5 Å². The standard InChI is InChI=1S/C22H23N5O3/c1-4-9-26-13-24-21-19(22(26)29)18(15(3)30-21)20(28)23-8-5-10-27-17-11-14(2)6-7-16(17)12-25-27/h4,6-7,11-13H,1,5,8-10H2,2-3H3,(H,23,28). The SMILES string of the molecule is C=CCn1cnc2oc(C)c(C(=O)NCCCn3ncc4ccc(C)cc43)c2c1=O. The lowest BCUT2D eigenvalue weighted by atomic mass is 10.1. The maximum Gasteiger partial charge on any atom is 0.265 e. The third-order valence-electron chi connectivity index (χ3n) is 5.04. The lowest BCUT2D eigenvalue weighted by molar-refractivity contribution is 0.0952. The Labute approximate surface area is 172 Å². The lowest BCUT2D eigenvalue weighted by Crippen LogP contribution is -2.28. The quantitative estimate of drug-likeness (QED) is 0.377. The van der Waals surface area contributed by atoms with Crippen molar-refractivity contribution in [3.8, 4) is 0 Å². The largest absolute Gasteiger partial charge is 0.442 e. The van der Waals surface area contributed by atoms with E-state index >= 15 is 0 Å². The number of fused-ring (bicyclic) bond motifs is 2. The third-order valence-corrected chi connectivity index (χ3v) is 5.04. The van der Waals surface area contributed by atoms with Gasteiger partial charge in [0, 0.05) is 25.0 Å². The van der Waals surface area contributed by atoms with E-state index in [0.29, 0.717) is 31.8 Å². The molecule has 0 aliphatic carbocycles. The summed E-state index contributed by atoms with van der Waals surface area (Å²) < 4.78 is 8.86. The molecule has 3 heterocycles. The van der Waals surface area contributed by atoms with E-state index in [1.807, 2.05) is 17.8 Å². The van der Waals surface area contributed by atoms with E-state index in [1.54, 1.807) is 13.0 Å². The van der Waals surface area contributed by atoms with Crippen LogP contribution in [0.15, 0.2) is 52.6 Å². The van der Waals surface area contributed by atoms with Gasteiger partial charge in [-0.05, 0) is 31.9 Å². The molecule has 0 bridgehead atoms. The number of hydrogen-bond donors (Lipinski definition) is 1. The molecule has 0 saturated carbocycles. The molecule has 8 nitrogen and oxygen atoms in total. The van der Waals surface area contributed by atoms with Crippen molar-refractivity contribution in [3.05, 3.63) is 70.6 Å². The first-order valence-corrected chi connectivity index (χ1v) is 9.79. The molecule has 4 aromatic rings. The van der Waals surface area contributed by atoms with E-state index in [-0.39, 0.29) is 28.1 Å². The number of amides is 1. The highest BCUT2D eigenvalue weighted by atomic mass is 16.3. The molecule has 0 saturated heterocycles. The Kier molecular flexibility index (Phi) is 5.22. The van der Waals surface area contributed by atoms with Crippen LogP contribution in [0.3, 0.4) is 0 Å². The molecule has 8 heteroatoms. The number of allylic oxidation sites excluding steroid dienone is 1. The molecular weight excluding hydrogens is 382 g/mol. The number of aryl methyl sites for hydroxylation is 3. The predicted molar refractivity (Wildman–Crippen MR) is 115 cm³/mol. The topological polar surface area (TPSA) is 95.0 Å². The maximum atomic E-state index is 12.8. The molecule has 3 aromatic heterocycles. The van der Waals surface area contributed by atoms with Gasteiger partial charge in [0.2, 0.25) is 5.71 Å². The third kappa shape index (κ3) is 3.52. The summed E-state index contributed by atoms with van der Waals surface area (Å²) in [4.78, 5) is 29.7. The van der Waals surface area contributed by atoms with E-state index in [2.05, 4.69) is 40.2 Å². The van der Waals surface area contributed by atoms with Crippen LogP contribution < -0.4 is 10.9 Å². The molecule has 1 amide bonds. The Hall–Kier alpha value is -3.68. The number of nitrogens with one attached hydrogen (secondary N) is 1. The molecule has 1 aromatic carbocycles. The average Bonchev–Trinajstić information content (AvgIpc) is 3.27. The van der Waals surface area contributed by atoms with E-state index in [1.165, 1.54) is 16.5 Å². The second-order valence-electron chi connectivity index (χ2n) is 7.24. The number of hydrogen-bond acceptors (Lipinski definition) is 5. The Morgan fingerprint density at radius 2 is 2.17 bits per heavy atom. The zero-order chi connectivity index (χ0) is 21.3. The smallest absolute Gasteiger partial charge is 0.265 e. The summed E-state index contributed by atoms with van der Waals surface area (Å²) in [6.45, 7) is 8.77. The molecule has 0 aliphatic rings. The number of nitrogens with zero attached hydrogens (tertiary/aromatic N) is 4. The Bertz CT molecular complexity index is 1310. The van der Waals surface area contributed by atoms with Crippen molar-refractivity contribution in [1.29, 1.82) is 0 Å². The lowest BCUT2D eigenvalue weighted by Gasteiger charge is -2.07. The van der Waals surface area contributed by atoms with Crippen LogP contribution in [0.2, 0.25) is 0 Å². The van der Waals surface area contributed by atoms with Gasteiger partial charge in [0.1, 0.15) is 17.5 Å². The maximum absolute atomic E-state index is 12.8. The zero-order valence-corrected chi connectivity index (χ0v) is 17.0. The van der Waals surface area contributed by atoms with Crippen molar-refractivity contribution in [2.45, 2.75) is 33.4 Å². The summed E-state index contributed by atoms with van der Waals surface area (Å²) >= 11 is 0. The number of benzene rings is 1. The minimum atomic E-state index is -0.345. The van der Waals surface area contributed by atoms with Crippen LogP contribution in [0, 0.1) is 13.8 Å². The van der Waals surface area contributed by atoms with Crippen molar-refractivity contribution in [3.63, 3.8) is 0 Å². The summed E-state index contributed by atoms with van der Waals surface area (Å²) in [6.07, 6.45) is 5.54. The number of aromatic nitrogens is 4. The van der Waals surface area contributed by atoms with Crippen molar-refractivity contribution >= 4 is 27.9 Å². The van der Waals surface area contributed by atoms with Gasteiger partial charge in [-0.25, -0.2) is 4.98 Å². The van der Waals surface area contributed by atoms with Crippen LogP contribution in [0.1, 0.15) is 28.1 Å². The van der Waals surface area contributed by atoms with Crippen LogP contribution in [0.4, 0.5) is 0 Å². The van der Waals surface area contributed by atoms with Crippen molar-refractivity contribution in [1.82, 2.24) is 24.6 Å². The van der Waals surface area contributed by atoms with Crippen molar-refractivity contribution in [2.75, 3.05) is 6.54 Å². The first-order valence-electron chi connectivity index (χ1n) is 9.79. The Balaban J connectivity index is 1.47. The number of carbonyl (C=O) groups excluding carboxylic acids is 1. The first kappa shape index (κ1) is 19.6. The molecule has 4 rings (SSSR count). The monoisotopic (exact) mass is 405 g/mol. The summed E-state index contributed by atoms with van der Waals surface area (Å²) in [7, 11) is 0. The Morgan fingerprint density at radius 3 is 2.97 bits per heavy atom. The van der Waals surface area contributed by atoms with E-state index in [4.69, 9.17) is 4.42 Å². The molecular formula is C22H23N5O3. The van der Waals surface area contributed by atoms with Crippen molar-refractivity contribution in [2.24, 2.45) is 0 Å². The fourth-order valence-corrected chi connectivity index (χ4v) is 3.56. The predicted octanol–water partition coefficient (Wildman–Crippen LogP) is 2.96. The van der Waals surface area contributed by atoms with Gasteiger partial charge in [-0.2, -0.15) is 5.10 Å². The highest BCUT2D eigenvalue weighted by molar-refractivity contribution is 6.06. The van der Waals surface area contributed by atoms with Crippen LogP contribution in [0.25, 0.3) is 22.0 Å². The van der Waals surface area contributed by atoms with Gasteiger partial charge in [0.15, 0.2) is 0 Å².